The van der Waals surface area contributed by atoms with Crippen molar-refractivity contribution < 1.29 is 15.6 Å². The second-order valence-corrected chi connectivity index (χ2v) is 4.47. The summed E-state index contributed by atoms with van der Waals surface area (Å²) in [6.45, 7) is 2.03. The molecule has 1 aliphatic rings. The molecular formula is C13H20NO2+. The molecule has 0 aliphatic carbocycles. The van der Waals surface area contributed by atoms with Crippen molar-refractivity contribution in [1.82, 2.24) is 0 Å². The van der Waals surface area contributed by atoms with E-state index < -0.39 is 5.60 Å². The molecule has 3 heteroatoms. The normalized spacial score (nSPS) is 21.6. The summed E-state index contributed by atoms with van der Waals surface area (Å²) in [5, 5.41) is 10.7. The van der Waals surface area contributed by atoms with Crippen molar-refractivity contribution in [3.8, 4) is 0 Å². The molecular weight excluding hydrogens is 202 g/mol. The molecule has 0 saturated carbocycles. The maximum Gasteiger partial charge on any atom is 0.0837 e. The predicted octanol–water partition coefficient (Wildman–Crippen LogP) is 0.554. The molecule has 1 atom stereocenters. The molecule has 1 heterocycles. The lowest BCUT2D eigenvalue weighted by molar-refractivity contribution is -0.380. The Labute approximate surface area is 96.2 Å². The minimum absolute atomic E-state index is 0.123. The van der Waals surface area contributed by atoms with Gasteiger partial charge in [0.15, 0.2) is 0 Å². The Kier molecular flexibility index (Phi) is 3.59. The number of aliphatic hydroxyl groups is 1. The lowest BCUT2D eigenvalue weighted by atomic mass is 9.77. The molecule has 1 saturated heterocycles. The van der Waals surface area contributed by atoms with Crippen LogP contribution in [0.4, 0.5) is 0 Å². The van der Waals surface area contributed by atoms with E-state index in [0.29, 0.717) is 26.1 Å². The number of rotatable bonds is 3. The Morgan fingerprint density at radius 2 is 1.88 bits per heavy atom. The van der Waals surface area contributed by atoms with Crippen LogP contribution < -0.4 is 5.73 Å². The van der Waals surface area contributed by atoms with Crippen LogP contribution in [0.15, 0.2) is 30.3 Å². The predicted molar refractivity (Wildman–Crippen MR) is 61.9 cm³/mol. The highest BCUT2D eigenvalue weighted by Crippen LogP contribution is 2.35. The van der Waals surface area contributed by atoms with Gasteiger partial charge >= 0.3 is 0 Å². The Morgan fingerprint density at radius 3 is 2.44 bits per heavy atom. The molecule has 3 nitrogen and oxygen atoms in total. The maximum absolute atomic E-state index is 10.7. The monoisotopic (exact) mass is 222 g/mol. The second kappa shape index (κ2) is 4.95. The van der Waals surface area contributed by atoms with Crippen molar-refractivity contribution in [2.24, 2.45) is 0 Å². The van der Waals surface area contributed by atoms with E-state index in [4.69, 9.17) is 4.74 Å². The smallest absolute Gasteiger partial charge is 0.0837 e. The fraction of sp³-hybridized carbons (Fsp3) is 0.538. The van der Waals surface area contributed by atoms with Crippen molar-refractivity contribution >= 4 is 0 Å². The summed E-state index contributed by atoms with van der Waals surface area (Å²) in [4.78, 5) is 0. The van der Waals surface area contributed by atoms with Gasteiger partial charge in [0.05, 0.1) is 18.1 Å². The van der Waals surface area contributed by atoms with Gasteiger partial charge in [-0.15, -0.1) is 0 Å². The topological polar surface area (TPSA) is 57.1 Å². The van der Waals surface area contributed by atoms with Crippen LogP contribution in [0.1, 0.15) is 24.3 Å². The molecule has 1 aromatic carbocycles. The van der Waals surface area contributed by atoms with Crippen LogP contribution in [0.25, 0.3) is 0 Å². The van der Waals surface area contributed by atoms with E-state index in [9.17, 15) is 5.11 Å². The van der Waals surface area contributed by atoms with Gasteiger partial charge in [-0.3, -0.25) is 0 Å². The molecule has 1 aliphatic heterocycles. The van der Waals surface area contributed by atoms with Gasteiger partial charge < -0.3 is 15.6 Å². The van der Waals surface area contributed by atoms with E-state index in [-0.39, 0.29) is 5.92 Å². The number of benzene rings is 1. The first-order valence-corrected chi connectivity index (χ1v) is 5.90. The summed E-state index contributed by atoms with van der Waals surface area (Å²) in [5.41, 5.74) is 4.53. The molecule has 0 radical (unpaired) electrons. The Hall–Kier alpha value is -0.900. The van der Waals surface area contributed by atoms with Crippen molar-refractivity contribution in [2.45, 2.75) is 24.4 Å². The average molecular weight is 222 g/mol. The number of hydrogen-bond acceptors (Lipinski definition) is 2. The average Bonchev–Trinajstić information content (AvgIpc) is 2.32. The van der Waals surface area contributed by atoms with E-state index in [1.807, 2.05) is 18.2 Å². The van der Waals surface area contributed by atoms with Gasteiger partial charge in [-0.25, -0.2) is 0 Å². The highest BCUT2D eigenvalue weighted by Gasteiger charge is 2.39. The molecule has 0 aromatic heterocycles. The zero-order valence-electron chi connectivity index (χ0n) is 9.56. The molecule has 0 bridgehead atoms. The fourth-order valence-corrected chi connectivity index (χ4v) is 2.50. The van der Waals surface area contributed by atoms with Crippen LogP contribution in [-0.2, 0) is 4.74 Å². The molecule has 88 valence electrons. The SMILES string of the molecule is [NH3+]CC(c1ccccc1)C1(O)CCOCC1. The van der Waals surface area contributed by atoms with Crippen LogP contribution in [0, 0.1) is 0 Å². The van der Waals surface area contributed by atoms with E-state index >= 15 is 0 Å². The Bertz CT molecular complexity index is 320. The molecule has 4 N–H and O–H groups in total. The van der Waals surface area contributed by atoms with Crippen molar-refractivity contribution in [1.29, 1.82) is 0 Å². The van der Waals surface area contributed by atoms with Crippen LogP contribution in [-0.4, -0.2) is 30.5 Å². The van der Waals surface area contributed by atoms with Gasteiger partial charge in [-0.2, -0.15) is 0 Å². The van der Waals surface area contributed by atoms with Gasteiger partial charge in [0, 0.05) is 26.1 Å². The van der Waals surface area contributed by atoms with Crippen LogP contribution >= 0.6 is 0 Å². The van der Waals surface area contributed by atoms with Crippen molar-refractivity contribution in [3.05, 3.63) is 35.9 Å². The summed E-state index contributed by atoms with van der Waals surface area (Å²) < 4.78 is 5.32. The van der Waals surface area contributed by atoms with Gasteiger partial charge in [0.2, 0.25) is 0 Å². The molecule has 1 aromatic rings. The third-order valence-electron chi connectivity index (χ3n) is 3.50. The standard InChI is InChI=1S/C13H19NO2/c14-10-12(11-4-2-1-3-5-11)13(15)6-8-16-9-7-13/h1-5,12,15H,6-10,14H2/p+1. The minimum Gasteiger partial charge on any atom is -0.389 e. The molecule has 0 spiro atoms. The van der Waals surface area contributed by atoms with E-state index in [2.05, 4.69) is 17.9 Å². The Balaban J connectivity index is 2.21. The fourth-order valence-electron chi connectivity index (χ4n) is 2.50. The quantitative estimate of drug-likeness (QED) is 0.785. The maximum atomic E-state index is 10.7. The molecule has 2 rings (SSSR count). The van der Waals surface area contributed by atoms with Crippen LogP contribution in [0.5, 0.6) is 0 Å². The summed E-state index contributed by atoms with van der Waals surface area (Å²) in [7, 11) is 0. The summed E-state index contributed by atoms with van der Waals surface area (Å²) in [6, 6.07) is 10.2. The first kappa shape index (κ1) is 11.6. The number of ether oxygens (including phenoxy) is 1. The zero-order valence-corrected chi connectivity index (χ0v) is 9.56. The minimum atomic E-state index is -0.638. The van der Waals surface area contributed by atoms with E-state index in [1.165, 1.54) is 5.56 Å². The highest BCUT2D eigenvalue weighted by molar-refractivity contribution is 5.23. The molecule has 1 fully saturated rings. The Morgan fingerprint density at radius 1 is 1.25 bits per heavy atom. The third-order valence-corrected chi connectivity index (χ3v) is 3.50. The van der Waals surface area contributed by atoms with Crippen molar-refractivity contribution in [2.75, 3.05) is 19.8 Å². The zero-order chi connectivity index (χ0) is 11.4. The van der Waals surface area contributed by atoms with Gasteiger partial charge in [0.1, 0.15) is 0 Å². The lowest BCUT2D eigenvalue weighted by Crippen LogP contribution is -2.58. The van der Waals surface area contributed by atoms with Gasteiger partial charge in [-0.1, -0.05) is 30.3 Å². The molecule has 0 amide bonds. The molecule has 16 heavy (non-hydrogen) atoms. The van der Waals surface area contributed by atoms with Crippen molar-refractivity contribution in [3.63, 3.8) is 0 Å². The number of hydrogen-bond donors (Lipinski definition) is 2. The number of quaternary nitrogens is 1. The molecule has 1 unspecified atom stereocenters. The summed E-state index contributed by atoms with van der Waals surface area (Å²) >= 11 is 0. The van der Waals surface area contributed by atoms with E-state index in [0.717, 1.165) is 6.54 Å². The second-order valence-electron chi connectivity index (χ2n) is 4.47. The first-order valence-electron chi connectivity index (χ1n) is 5.90. The largest absolute Gasteiger partial charge is 0.389 e. The summed E-state index contributed by atoms with van der Waals surface area (Å²) in [5.74, 6) is 0.123. The van der Waals surface area contributed by atoms with Crippen LogP contribution in [0.2, 0.25) is 0 Å². The highest BCUT2D eigenvalue weighted by atomic mass is 16.5. The van der Waals surface area contributed by atoms with Gasteiger partial charge in [0.25, 0.3) is 0 Å². The summed E-state index contributed by atoms with van der Waals surface area (Å²) in [6.07, 6.45) is 1.42. The first-order chi connectivity index (χ1) is 7.76. The van der Waals surface area contributed by atoms with Gasteiger partial charge in [-0.05, 0) is 5.56 Å². The lowest BCUT2D eigenvalue weighted by Gasteiger charge is -2.37. The van der Waals surface area contributed by atoms with E-state index in [1.54, 1.807) is 0 Å². The third kappa shape index (κ3) is 2.26. The van der Waals surface area contributed by atoms with Crippen LogP contribution in [0.3, 0.4) is 0 Å².